The van der Waals surface area contributed by atoms with Gasteiger partial charge in [0.15, 0.2) is 6.29 Å². The van der Waals surface area contributed by atoms with Gasteiger partial charge in [0.25, 0.3) is 0 Å². The number of rotatable bonds is 2. The van der Waals surface area contributed by atoms with E-state index >= 15 is 0 Å². The van der Waals surface area contributed by atoms with Crippen LogP contribution in [0.2, 0.25) is 0 Å². The lowest BCUT2D eigenvalue weighted by atomic mass is 10.1. The van der Waals surface area contributed by atoms with Gasteiger partial charge in [-0.25, -0.2) is 4.39 Å². The summed E-state index contributed by atoms with van der Waals surface area (Å²) in [6.07, 6.45) is 0.170. The molecule has 0 heterocycles. The van der Waals surface area contributed by atoms with Crippen LogP contribution in [-0.4, -0.2) is 17.4 Å². The molecule has 0 atom stereocenters. The van der Waals surface area contributed by atoms with Gasteiger partial charge in [0.05, 0.1) is 0 Å². The number of carboxylic acids is 1. The fourth-order valence-electron chi connectivity index (χ4n) is 0.960. The summed E-state index contributed by atoms with van der Waals surface area (Å²) in [5.74, 6) is 3.29. The first-order valence-electron chi connectivity index (χ1n) is 4.09. The Labute approximate surface area is 85.5 Å². The Balaban J connectivity index is 2.97. The second-order valence-electron chi connectivity index (χ2n) is 2.72. The van der Waals surface area contributed by atoms with Crippen LogP contribution in [0.4, 0.5) is 4.39 Å². The fraction of sp³-hybridized carbons (Fsp3) is 0.0909. The van der Waals surface area contributed by atoms with E-state index in [1.54, 1.807) is 0 Å². The fourth-order valence-corrected chi connectivity index (χ4v) is 0.960. The second kappa shape index (κ2) is 4.91. The number of hydrogen-bond acceptors (Lipinski definition) is 2. The molecule has 0 aliphatic carbocycles. The van der Waals surface area contributed by atoms with E-state index in [0.29, 0.717) is 11.8 Å². The van der Waals surface area contributed by atoms with E-state index in [2.05, 4.69) is 11.8 Å². The molecule has 0 aliphatic rings. The molecule has 0 amide bonds. The minimum absolute atomic E-state index is 0.118. The molecular formula is C11H7FO3. The highest BCUT2D eigenvalue weighted by Gasteiger charge is 2.00. The van der Waals surface area contributed by atoms with Gasteiger partial charge in [0.2, 0.25) is 0 Å². The number of hydrogen-bond donors (Lipinski definition) is 1. The first-order chi connectivity index (χ1) is 7.13. The number of benzene rings is 1. The molecule has 0 unspecified atom stereocenters. The van der Waals surface area contributed by atoms with E-state index in [1.807, 2.05) is 0 Å². The summed E-state index contributed by atoms with van der Waals surface area (Å²) in [6.45, 7) is 0. The molecule has 15 heavy (non-hydrogen) atoms. The number of aliphatic carboxylic acids is 1. The van der Waals surface area contributed by atoms with Crippen LogP contribution in [-0.2, 0) is 4.79 Å². The Bertz CT molecular complexity index is 455. The molecule has 3 nitrogen and oxygen atoms in total. The van der Waals surface area contributed by atoms with Gasteiger partial charge in [-0.05, 0) is 18.2 Å². The van der Waals surface area contributed by atoms with E-state index in [0.717, 1.165) is 12.1 Å². The van der Waals surface area contributed by atoms with E-state index < -0.39 is 11.8 Å². The van der Waals surface area contributed by atoms with Crippen molar-refractivity contribution in [2.45, 2.75) is 6.42 Å². The van der Waals surface area contributed by atoms with Gasteiger partial charge >= 0.3 is 5.97 Å². The number of carboxylic acid groups (broad SMARTS) is 1. The van der Waals surface area contributed by atoms with E-state index in [4.69, 9.17) is 5.11 Å². The highest BCUT2D eigenvalue weighted by molar-refractivity contribution is 5.79. The number of halogens is 1. The van der Waals surface area contributed by atoms with Gasteiger partial charge in [-0.15, -0.1) is 0 Å². The lowest BCUT2D eigenvalue weighted by Crippen LogP contribution is -1.92. The van der Waals surface area contributed by atoms with Crippen LogP contribution in [0.5, 0.6) is 0 Å². The van der Waals surface area contributed by atoms with E-state index in [9.17, 15) is 14.0 Å². The number of carbonyl (C=O) groups excluding carboxylic acids is 1. The molecule has 0 bridgehead atoms. The summed E-state index contributed by atoms with van der Waals surface area (Å²) >= 11 is 0. The summed E-state index contributed by atoms with van der Waals surface area (Å²) in [7, 11) is 0. The van der Waals surface area contributed by atoms with Crippen molar-refractivity contribution in [2.75, 3.05) is 0 Å². The quantitative estimate of drug-likeness (QED) is 0.588. The number of carbonyl (C=O) groups is 2. The maximum atomic E-state index is 12.7. The summed E-state index contributed by atoms with van der Waals surface area (Å²) in [5.41, 5.74) is 0.445. The normalized spacial score (nSPS) is 8.87. The van der Waals surface area contributed by atoms with E-state index in [1.165, 1.54) is 6.07 Å². The Morgan fingerprint density at radius 3 is 2.87 bits per heavy atom. The Morgan fingerprint density at radius 1 is 1.53 bits per heavy atom. The predicted octanol–water partition coefficient (Wildman–Crippen LogP) is 1.46. The highest BCUT2D eigenvalue weighted by Crippen LogP contribution is 2.07. The molecule has 0 spiro atoms. The van der Waals surface area contributed by atoms with Gasteiger partial charge in [-0.3, -0.25) is 9.59 Å². The lowest BCUT2D eigenvalue weighted by Gasteiger charge is -1.95. The molecule has 0 radical (unpaired) electrons. The Morgan fingerprint density at radius 2 is 2.27 bits per heavy atom. The van der Waals surface area contributed by atoms with Crippen molar-refractivity contribution in [1.82, 2.24) is 0 Å². The molecule has 0 saturated heterocycles. The third-order valence-corrected chi connectivity index (χ3v) is 1.60. The van der Waals surface area contributed by atoms with Crippen LogP contribution in [0, 0.1) is 17.7 Å². The first kappa shape index (κ1) is 10.9. The van der Waals surface area contributed by atoms with Crippen molar-refractivity contribution in [3.05, 3.63) is 35.1 Å². The van der Waals surface area contributed by atoms with Crippen LogP contribution in [0.15, 0.2) is 18.2 Å². The Hall–Kier alpha value is -2.15. The second-order valence-corrected chi connectivity index (χ2v) is 2.72. The summed E-state index contributed by atoms with van der Waals surface area (Å²) in [5, 5.41) is 8.33. The molecular weight excluding hydrogens is 199 g/mol. The zero-order valence-electron chi connectivity index (χ0n) is 7.66. The summed E-state index contributed by atoms with van der Waals surface area (Å²) < 4.78 is 12.7. The van der Waals surface area contributed by atoms with Crippen LogP contribution in [0.3, 0.4) is 0 Å². The van der Waals surface area contributed by atoms with Crippen molar-refractivity contribution >= 4 is 12.3 Å². The molecule has 1 aromatic rings. The molecule has 0 saturated carbocycles. The maximum absolute atomic E-state index is 12.7. The molecule has 76 valence electrons. The topological polar surface area (TPSA) is 54.4 Å². The summed E-state index contributed by atoms with van der Waals surface area (Å²) in [6, 6.07) is 3.56. The molecule has 1 rings (SSSR count). The van der Waals surface area contributed by atoms with Crippen molar-refractivity contribution in [3.63, 3.8) is 0 Å². The van der Waals surface area contributed by atoms with Gasteiger partial charge in [0.1, 0.15) is 12.2 Å². The van der Waals surface area contributed by atoms with Crippen LogP contribution >= 0.6 is 0 Å². The first-order valence-corrected chi connectivity index (χ1v) is 4.09. The van der Waals surface area contributed by atoms with Crippen molar-refractivity contribution < 1.29 is 19.1 Å². The van der Waals surface area contributed by atoms with Crippen LogP contribution in [0.25, 0.3) is 0 Å². The molecule has 0 fully saturated rings. The molecule has 4 heteroatoms. The van der Waals surface area contributed by atoms with Gasteiger partial charge in [-0.1, -0.05) is 11.8 Å². The van der Waals surface area contributed by atoms with Gasteiger partial charge in [0, 0.05) is 11.1 Å². The average molecular weight is 206 g/mol. The van der Waals surface area contributed by atoms with Crippen molar-refractivity contribution in [2.24, 2.45) is 0 Å². The zero-order chi connectivity index (χ0) is 11.3. The van der Waals surface area contributed by atoms with E-state index in [-0.39, 0.29) is 12.0 Å². The smallest absolute Gasteiger partial charge is 0.315 e. The average Bonchev–Trinajstić information content (AvgIpc) is 2.19. The maximum Gasteiger partial charge on any atom is 0.315 e. The van der Waals surface area contributed by atoms with Crippen molar-refractivity contribution in [1.29, 1.82) is 0 Å². The van der Waals surface area contributed by atoms with Gasteiger partial charge < -0.3 is 5.11 Å². The zero-order valence-corrected chi connectivity index (χ0v) is 7.66. The van der Waals surface area contributed by atoms with Crippen LogP contribution < -0.4 is 0 Å². The SMILES string of the molecule is O=Cc1cc(F)ccc1C#CCC(=O)O. The molecule has 0 aromatic heterocycles. The molecule has 1 N–H and O–H groups in total. The molecule has 1 aromatic carbocycles. The summed E-state index contributed by atoms with van der Waals surface area (Å²) in [4.78, 5) is 20.7. The van der Waals surface area contributed by atoms with Crippen molar-refractivity contribution in [3.8, 4) is 11.8 Å². The van der Waals surface area contributed by atoms with Gasteiger partial charge in [-0.2, -0.15) is 0 Å². The third-order valence-electron chi connectivity index (χ3n) is 1.60. The minimum Gasteiger partial charge on any atom is -0.481 e. The van der Waals surface area contributed by atoms with Crippen LogP contribution in [0.1, 0.15) is 22.3 Å². The highest BCUT2D eigenvalue weighted by atomic mass is 19.1. The minimum atomic E-state index is -1.04. The monoisotopic (exact) mass is 206 g/mol. The molecule has 0 aliphatic heterocycles. The largest absolute Gasteiger partial charge is 0.481 e. The standard InChI is InChI=1S/C11H7FO3/c12-10-5-4-8(9(6-10)7-13)2-1-3-11(14)15/h4-7H,3H2,(H,14,15). The Kier molecular flexibility index (Phi) is 3.58. The number of aldehydes is 1. The lowest BCUT2D eigenvalue weighted by molar-refractivity contribution is -0.135. The third kappa shape index (κ3) is 3.24. The predicted molar refractivity (Wildman–Crippen MR) is 50.9 cm³/mol.